The van der Waals surface area contributed by atoms with Crippen LogP contribution in [0.2, 0.25) is 0 Å². The molecule has 0 aromatic carbocycles. The van der Waals surface area contributed by atoms with E-state index in [4.69, 9.17) is 19.9 Å². The number of aliphatic hydroxyl groups is 2. The Kier molecular flexibility index (Phi) is 3.46. The summed E-state index contributed by atoms with van der Waals surface area (Å²) in [6, 6.07) is 3.39. The third-order valence-corrected chi connectivity index (χ3v) is 5.07. The lowest BCUT2D eigenvalue weighted by atomic mass is 10.0. The van der Waals surface area contributed by atoms with Gasteiger partial charge in [0.15, 0.2) is 17.5 Å². The van der Waals surface area contributed by atoms with E-state index in [-0.39, 0.29) is 11.9 Å². The molecule has 10 heteroatoms. The summed E-state index contributed by atoms with van der Waals surface area (Å²) in [5.74, 6) is 0.284. The molecule has 2 aliphatic rings. The zero-order valence-electron chi connectivity index (χ0n) is 14.5. The van der Waals surface area contributed by atoms with Crippen molar-refractivity contribution in [1.29, 1.82) is 0 Å². The molecule has 1 aliphatic heterocycles. The number of fused-ring (bicyclic) bond motifs is 2. The Balaban J connectivity index is 1.59. The predicted molar refractivity (Wildman–Crippen MR) is 87.1 cm³/mol. The quantitative estimate of drug-likeness (QED) is 0.650. The molecule has 2 aromatic rings. The van der Waals surface area contributed by atoms with Gasteiger partial charge in [-0.05, 0) is 32.9 Å². The van der Waals surface area contributed by atoms with E-state index in [1.54, 1.807) is 32.9 Å². The maximum atomic E-state index is 11.7. The van der Waals surface area contributed by atoms with Crippen LogP contribution in [0.1, 0.15) is 32.6 Å². The first-order valence-corrected chi connectivity index (χ1v) is 8.23. The van der Waals surface area contributed by atoms with Gasteiger partial charge < -0.3 is 30.2 Å². The van der Waals surface area contributed by atoms with E-state index in [0.717, 1.165) is 0 Å². The van der Waals surface area contributed by atoms with E-state index >= 15 is 0 Å². The Hall–Kier alpha value is -2.43. The topological polar surface area (TPSA) is 141 Å². The van der Waals surface area contributed by atoms with Crippen molar-refractivity contribution in [2.45, 2.75) is 56.4 Å². The van der Waals surface area contributed by atoms with Gasteiger partial charge in [0, 0.05) is 0 Å². The van der Waals surface area contributed by atoms with Crippen LogP contribution in [0.3, 0.4) is 0 Å². The zero-order valence-corrected chi connectivity index (χ0v) is 14.5. The number of ether oxygens (including phenoxy) is 3. The monoisotopic (exact) mass is 364 g/mol. The summed E-state index contributed by atoms with van der Waals surface area (Å²) in [5, 5.41) is 25.7. The second-order valence-corrected chi connectivity index (χ2v) is 7.03. The van der Waals surface area contributed by atoms with E-state index in [9.17, 15) is 15.0 Å². The number of nitrogens with two attached hydrogens (primary N) is 1. The van der Waals surface area contributed by atoms with Gasteiger partial charge in [0.1, 0.15) is 29.7 Å². The number of hydrogen-bond acceptors (Lipinski definition) is 9. The molecule has 0 bridgehead atoms. The molecule has 1 aliphatic carbocycles. The Labute approximate surface area is 148 Å². The summed E-state index contributed by atoms with van der Waals surface area (Å²) in [7, 11) is 0. The molecule has 3 heterocycles. The fraction of sp³-hybridized carbons (Fsp3) is 0.562. The highest BCUT2D eigenvalue weighted by atomic mass is 16.8. The largest absolute Gasteiger partial charge is 0.509 e. The van der Waals surface area contributed by atoms with E-state index in [1.165, 1.54) is 10.8 Å². The van der Waals surface area contributed by atoms with Crippen molar-refractivity contribution in [2.75, 3.05) is 5.73 Å². The average molecular weight is 364 g/mol. The number of anilines is 1. The lowest BCUT2D eigenvalue weighted by Gasteiger charge is -2.23. The third kappa shape index (κ3) is 2.06. The molecule has 2 fully saturated rings. The molecule has 0 spiro atoms. The van der Waals surface area contributed by atoms with Crippen LogP contribution in [0.5, 0.6) is 0 Å². The number of carbonyl (C=O) groups excluding carboxylic acids is 1. The molecule has 1 saturated heterocycles. The number of carbonyl (C=O) groups is 1. The second kappa shape index (κ2) is 5.29. The average Bonchev–Trinajstić information content (AvgIpc) is 2.89. The standard InChI is InChI=1S/C16H20N4O6/c1-7(2)24-14(22)25-13-15(3)16(13,23)11(21)10(26-15)8-4-5-9-12(17)18-6-19-20(8)9/h4-7,10-11,13,21,23H,1-3H3,(H2,17,18,19)/t10-,11-,13?,15+,16+/m0/s1. The van der Waals surface area contributed by atoms with Crippen LogP contribution in [-0.4, -0.2) is 60.5 Å². The molecule has 26 heavy (non-hydrogen) atoms. The molecule has 0 radical (unpaired) electrons. The first-order chi connectivity index (χ1) is 12.2. The summed E-state index contributed by atoms with van der Waals surface area (Å²) in [4.78, 5) is 15.6. The first kappa shape index (κ1) is 17.0. The van der Waals surface area contributed by atoms with Gasteiger partial charge in [-0.1, -0.05) is 0 Å². The highest BCUT2D eigenvalue weighted by Gasteiger charge is 2.87. The highest BCUT2D eigenvalue weighted by Crippen LogP contribution is 2.64. The number of nitrogen functional groups attached to an aromatic ring is 1. The normalized spacial score (nSPS) is 35.5. The molecule has 0 amide bonds. The molecule has 1 saturated carbocycles. The minimum Gasteiger partial charge on any atom is -0.432 e. The van der Waals surface area contributed by atoms with Crippen molar-refractivity contribution in [3.8, 4) is 0 Å². The number of rotatable bonds is 3. The van der Waals surface area contributed by atoms with Crippen LogP contribution in [0.4, 0.5) is 10.6 Å². The summed E-state index contributed by atoms with van der Waals surface area (Å²) in [6.45, 7) is 4.93. The predicted octanol–water partition coefficient (Wildman–Crippen LogP) is 0.177. The minimum absolute atomic E-state index is 0.284. The van der Waals surface area contributed by atoms with Gasteiger partial charge in [-0.2, -0.15) is 5.10 Å². The lowest BCUT2D eigenvalue weighted by Crippen LogP contribution is -2.36. The number of aromatic nitrogens is 3. The van der Waals surface area contributed by atoms with Crippen LogP contribution in [0.15, 0.2) is 18.5 Å². The van der Waals surface area contributed by atoms with Crippen molar-refractivity contribution < 1.29 is 29.2 Å². The molecule has 5 atom stereocenters. The Morgan fingerprint density at radius 3 is 2.81 bits per heavy atom. The van der Waals surface area contributed by atoms with Crippen LogP contribution < -0.4 is 5.73 Å². The van der Waals surface area contributed by atoms with Crippen molar-refractivity contribution in [1.82, 2.24) is 14.6 Å². The maximum absolute atomic E-state index is 11.7. The summed E-state index contributed by atoms with van der Waals surface area (Å²) in [5.41, 5.74) is 3.88. The molecular weight excluding hydrogens is 344 g/mol. The zero-order chi connectivity index (χ0) is 18.9. The van der Waals surface area contributed by atoms with E-state index in [0.29, 0.717) is 11.2 Å². The molecule has 140 valence electrons. The summed E-state index contributed by atoms with van der Waals surface area (Å²) < 4.78 is 17.4. The molecule has 1 unspecified atom stereocenters. The number of aliphatic hydroxyl groups excluding tert-OH is 1. The smallest absolute Gasteiger partial charge is 0.432 e. The van der Waals surface area contributed by atoms with E-state index < -0.39 is 35.7 Å². The van der Waals surface area contributed by atoms with Crippen molar-refractivity contribution in [3.63, 3.8) is 0 Å². The minimum atomic E-state index is -1.74. The summed E-state index contributed by atoms with van der Waals surface area (Å²) in [6.07, 6.45) is -3.23. The Morgan fingerprint density at radius 2 is 2.19 bits per heavy atom. The van der Waals surface area contributed by atoms with Crippen molar-refractivity contribution in [2.24, 2.45) is 0 Å². The van der Waals surface area contributed by atoms with Gasteiger partial charge in [-0.25, -0.2) is 14.3 Å². The van der Waals surface area contributed by atoms with Gasteiger partial charge in [-0.3, -0.25) is 0 Å². The van der Waals surface area contributed by atoms with Crippen LogP contribution >= 0.6 is 0 Å². The SMILES string of the molecule is CC(C)OC(=O)OC1[C@@]2(C)O[C@@H](c3ccc4c(N)ncnn34)[C@H](O)[C@@]12O. The summed E-state index contributed by atoms with van der Waals surface area (Å²) >= 11 is 0. The van der Waals surface area contributed by atoms with E-state index in [1.807, 2.05) is 0 Å². The molecule has 10 nitrogen and oxygen atoms in total. The Bertz CT molecular complexity index is 885. The van der Waals surface area contributed by atoms with E-state index in [2.05, 4.69) is 10.1 Å². The highest BCUT2D eigenvalue weighted by molar-refractivity contribution is 5.66. The van der Waals surface area contributed by atoms with Gasteiger partial charge in [0.2, 0.25) is 0 Å². The van der Waals surface area contributed by atoms with Crippen LogP contribution in [0.25, 0.3) is 5.52 Å². The molecule has 4 rings (SSSR count). The van der Waals surface area contributed by atoms with Gasteiger partial charge in [0.25, 0.3) is 0 Å². The van der Waals surface area contributed by atoms with Crippen LogP contribution in [-0.2, 0) is 14.2 Å². The van der Waals surface area contributed by atoms with Gasteiger partial charge >= 0.3 is 6.16 Å². The van der Waals surface area contributed by atoms with Gasteiger partial charge in [-0.15, -0.1) is 0 Å². The third-order valence-electron chi connectivity index (χ3n) is 5.07. The van der Waals surface area contributed by atoms with Crippen molar-refractivity contribution in [3.05, 3.63) is 24.2 Å². The molecule has 4 N–H and O–H groups in total. The maximum Gasteiger partial charge on any atom is 0.509 e. The number of hydrogen-bond donors (Lipinski definition) is 3. The molecule has 2 aromatic heterocycles. The fourth-order valence-corrected chi connectivity index (χ4v) is 3.65. The van der Waals surface area contributed by atoms with Crippen molar-refractivity contribution >= 4 is 17.5 Å². The van der Waals surface area contributed by atoms with Gasteiger partial charge in [0.05, 0.1) is 11.8 Å². The first-order valence-electron chi connectivity index (χ1n) is 8.23. The molecular formula is C16H20N4O6. The number of nitrogens with zero attached hydrogens (tertiary/aromatic N) is 3. The Morgan fingerprint density at radius 1 is 1.46 bits per heavy atom. The van der Waals surface area contributed by atoms with Crippen LogP contribution in [0, 0.1) is 0 Å². The fourth-order valence-electron chi connectivity index (χ4n) is 3.65. The lowest BCUT2D eigenvalue weighted by molar-refractivity contribution is -0.0928. The second-order valence-electron chi connectivity index (χ2n) is 7.03.